The van der Waals surface area contributed by atoms with E-state index in [-0.39, 0.29) is 12.4 Å². The average Bonchev–Trinajstić information content (AvgIpc) is 3.08. The Hall–Kier alpha value is -3.74. The lowest BCUT2D eigenvalue weighted by Crippen LogP contribution is -2.29. The summed E-state index contributed by atoms with van der Waals surface area (Å²) in [4.78, 5) is 26.6. The molecule has 32 heavy (non-hydrogen) atoms. The molecule has 2 aliphatic rings. The molecule has 0 unspecified atom stereocenters. The molecule has 7 heteroatoms. The molecule has 0 amide bonds. The fraction of sp³-hybridized carbons (Fsp3) is 0.280. The van der Waals surface area contributed by atoms with E-state index in [0.29, 0.717) is 50.9 Å². The molecule has 2 aromatic rings. The van der Waals surface area contributed by atoms with Crippen LogP contribution in [0.2, 0.25) is 0 Å². The Bertz CT molecular complexity index is 1180. The molecule has 0 saturated carbocycles. The van der Waals surface area contributed by atoms with Crippen LogP contribution < -0.4 is 19.5 Å². The van der Waals surface area contributed by atoms with Crippen LogP contribution in [0.3, 0.4) is 0 Å². The molecule has 4 rings (SSSR count). The maximum Gasteiger partial charge on any atom is 0.336 e. The van der Waals surface area contributed by atoms with Gasteiger partial charge >= 0.3 is 5.97 Å². The zero-order valence-corrected chi connectivity index (χ0v) is 18.7. The van der Waals surface area contributed by atoms with Gasteiger partial charge in [0.05, 0.1) is 45.1 Å². The third-order valence-electron chi connectivity index (χ3n) is 5.79. The number of rotatable bonds is 6. The van der Waals surface area contributed by atoms with Gasteiger partial charge in [0.25, 0.3) is 0 Å². The van der Waals surface area contributed by atoms with Crippen molar-refractivity contribution in [2.75, 3.05) is 27.9 Å². The summed E-state index contributed by atoms with van der Waals surface area (Å²) < 4.78 is 22.1. The number of benzene rings is 2. The Balaban J connectivity index is 2.01. The highest BCUT2D eigenvalue weighted by Gasteiger charge is 2.44. The molecule has 2 aromatic carbocycles. The maximum atomic E-state index is 13.6. The van der Waals surface area contributed by atoms with Crippen molar-refractivity contribution >= 4 is 17.4 Å². The Morgan fingerprint density at radius 1 is 0.969 bits per heavy atom. The van der Waals surface area contributed by atoms with Crippen LogP contribution in [0, 0.1) is 0 Å². The smallest absolute Gasteiger partial charge is 0.336 e. The number of methoxy groups -OCH3 is 3. The summed E-state index contributed by atoms with van der Waals surface area (Å²) in [5.74, 6) is -0.0783. The van der Waals surface area contributed by atoms with Crippen LogP contribution in [0.1, 0.15) is 41.3 Å². The van der Waals surface area contributed by atoms with Gasteiger partial charge in [-0.05, 0) is 19.9 Å². The number of hydrogen-bond donors (Lipinski definition) is 1. The first kappa shape index (κ1) is 21.5. The standard InChI is InChI=1S/C25H25NO6/c1-6-32-25(28)18-13(2)26-21-14-9-7-8-10-15(14)22(27)20(21)19(18)16-11-12-17(29-3)24(31-5)23(16)30-4/h7-12,19,26H,6H2,1-5H3/t19-/m1/s1. The van der Waals surface area contributed by atoms with Crippen molar-refractivity contribution in [1.82, 2.24) is 5.32 Å². The van der Waals surface area contributed by atoms with Gasteiger partial charge in [0.2, 0.25) is 5.75 Å². The van der Waals surface area contributed by atoms with Crippen molar-refractivity contribution in [1.29, 1.82) is 0 Å². The van der Waals surface area contributed by atoms with E-state index >= 15 is 0 Å². The molecule has 0 radical (unpaired) electrons. The first-order chi connectivity index (χ1) is 15.5. The van der Waals surface area contributed by atoms with Crippen LogP contribution in [0.25, 0.3) is 5.70 Å². The minimum absolute atomic E-state index is 0.140. The van der Waals surface area contributed by atoms with Crippen LogP contribution in [0.5, 0.6) is 17.2 Å². The number of ether oxygens (including phenoxy) is 4. The molecular formula is C25H25NO6. The molecule has 0 fully saturated rings. The third kappa shape index (κ3) is 3.12. The number of nitrogens with one attached hydrogen (secondary N) is 1. The van der Waals surface area contributed by atoms with Crippen LogP contribution in [0.15, 0.2) is 53.2 Å². The van der Waals surface area contributed by atoms with E-state index in [9.17, 15) is 9.59 Å². The molecule has 1 N–H and O–H groups in total. The number of carbonyl (C=O) groups excluding carboxylic acids is 2. The van der Waals surface area contributed by atoms with E-state index in [1.807, 2.05) is 25.1 Å². The van der Waals surface area contributed by atoms with Crippen LogP contribution >= 0.6 is 0 Å². The first-order valence-corrected chi connectivity index (χ1v) is 10.3. The molecular weight excluding hydrogens is 410 g/mol. The van der Waals surface area contributed by atoms with Crippen LogP contribution in [0.4, 0.5) is 0 Å². The highest BCUT2D eigenvalue weighted by atomic mass is 16.5. The molecule has 7 nitrogen and oxygen atoms in total. The van der Waals surface area contributed by atoms with Gasteiger partial charge in [0, 0.05) is 28.0 Å². The molecule has 1 heterocycles. The van der Waals surface area contributed by atoms with Gasteiger partial charge in [-0.3, -0.25) is 4.79 Å². The summed E-state index contributed by atoms with van der Waals surface area (Å²) in [5.41, 5.74) is 4.16. The molecule has 0 bridgehead atoms. The van der Waals surface area contributed by atoms with Crippen LogP contribution in [-0.2, 0) is 9.53 Å². The summed E-state index contributed by atoms with van der Waals surface area (Å²) in [7, 11) is 4.57. The van der Waals surface area contributed by atoms with Crippen molar-refractivity contribution < 1.29 is 28.5 Å². The lowest BCUT2D eigenvalue weighted by molar-refractivity contribution is -0.138. The van der Waals surface area contributed by atoms with Gasteiger partial charge < -0.3 is 24.3 Å². The number of Topliss-reactive ketones (excluding diaryl/α,β-unsaturated/α-hetero) is 1. The van der Waals surface area contributed by atoms with E-state index in [2.05, 4.69) is 5.32 Å². The minimum atomic E-state index is -0.708. The maximum absolute atomic E-state index is 13.6. The van der Waals surface area contributed by atoms with Gasteiger partial charge in [-0.15, -0.1) is 0 Å². The highest BCUT2D eigenvalue weighted by Crippen LogP contribution is 2.52. The predicted octanol–water partition coefficient (Wildman–Crippen LogP) is 3.84. The number of dihydropyridines is 1. The number of esters is 1. The third-order valence-corrected chi connectivity index (χ3v) is 5.79. The van der Waals surface area contributed by atoms with E-state index in [1.54, 1.807) is 25.1 Å². The van der Waals surface area contributed by atoms with Gasteiger partial charge in [-0.1, -0.05) is 30.3 Å². The minimum Gasteiger partial charge on any atom is -0.493 e. The predicted molar refractivity (Wildman–Crippen MR) is 119 cm³/mol. The molecule has 0 aromatic heterocycles. The summed E-state index contributed by atoms with van der Waals surface area (Å²) in [6.07, 6.45) is 0. The van der Waals surface area contributed by atoms with Crippen molar-refractivity contribution in [2.45, 2.75) is 19.8 Å². The zero-order valence-electron chi connectivity index (χ0n) is 18.7. The molecule has 1 aliphatic heterocycles. The average molecular weight is 435 g/mol. The summed E-state index contributed by atoms with van der Waals surface area (Å²) in [5, 5.41) is 3.28. The van der Waals surface area contributed by atoms with Crippen molar-refractivity contribution in [3.8, 4) is 17.2 Å². The molecule has 1 aliphatic carbocycles. The monoisotopic (exact) mass is 435 g/mol. The van der Waals surface area contributed by atoms with Gasteiger partial charge in [-0.2, -0.15) is 0 Å². The molecule has 0 spiro atoms. The number of allylic oxidation sites excluding steroid dienone is 2. The fourth-order valence-electron chi connectivity index (χ4n) is 4.47. The van der Waals surface area contributed by atoms with Gasteiger partial charge in [-0.25, -0.2) is 4.79 Å². The van der Waals surface area contributed by atoms with Gasteiger partial charge in [0.15, 0.2) is 17.3 Å². The van der Waals surface area contributed by atoms with Crippen molar-refractivity contribution in [2.24, 2.45) is 0 Å². The number of fused-ring (bicyclic) bond motifs is 2. The largest absolute Gasteiger partial charge is 0.493 e. The Morgan fingerprint density at radius 3 is 2.28 bits per heavy atom. The van der Waals surface area contributed by atoms with E-state index in [4.69, 9.17) is 18.9 Å². The van der Waals surface area contributed by atoms with Crippen molar-refractivity contribution in [3.05, 3.63) is 69.9 Å². The number of ketones is 1. The second kappa shape index (κ2) is 8.42. The fourth-order valence-corrected chi connectivity index (χ4v) is 4.47. The molecule has 1 atom stereocenters. The SMILES string of the molecule is CCOC(=O)C1=C(C)NC2=C(C(=O)c3ccccc32)[C@@H]1c1ccc(OC)c(OC)c1OC. The summed E-state index contributed by atoms with van der Waals surface area (Å²) in [6.45, 7) is 3.77. The first-order valence-electron chi connectivity index (χ1n) is 10.3. The lowest BCUT2D eigenvalue weighted by Gasteiger charge is -2.30. The molecule has 0 saturated heterocycles. The van der Waals surface area contributed by atoms with Crippen LogP contribution in [-0.4, -0.2) is 39.7 Å². The second-order valence-corrected chi connectivity index (χ2v) is 7.40. The Morgan fingerprint density at radius 2 is 1.66 bits per heavy atom. The Kier molecular flexibility index (Phi) is 5.65. The quantitative estimate of drug-likeness (QED) is 0.690. The van der Waals surface area contributed by atoms with Crippen molar-refractivity contribution in [3.63, 3.8) is 0 Å². The lowest BCUT2D eigenvalue weighted by atomic mass is 9.79. The van der Waals surface area contributed by atoms with E-state index in [1.165, 1.54) is 21.3 Å². The second-order valence-electron chi connectivity index (χ2n) is 7.40. The Labute approximate surface area is 186 Å². The summed E-state index contributed by atoms with van der Waals surface area (Å²) >= 11 is 0. The summed E-state index contributed by atoms with van der Waals surface area (Å²) in [6, 6.07) is 10.9. The molecule has 166 valence electrons. The topological polar surface area (TPSA) is 83.1 Å². The van der Waals surface area contributed by atoms with E-state index < -0.39 is 11.9 Å². The number of hydrogen-bond acceptors (Lipinski definition) is 7. The zero-order chi connectivity index (χ0) is 23.0. The highest BCUT2D eigenvalue weighted by molar-refractivity contribution is 6.23. The van der Waals surface area contributed by atoms with E-state index in [0.717, 1.165) is 5.56 Å². The normalized spacial score (nSPS) is 16.9. The van der Waals surface area contributed by atoms with Gasteiger partial charge in [0.1, 0.15) is 0 Å². The number of carbonyl (C=O) groups is 2.